The molecule has 1 N–H and O–H groups in total. The monoisotopic (exact) mass is 529 g/mol. The molecule has 4 aliphatic rings. The maximum Gasteiger partial charge on any atom is 0.309 e. The number of carbonyl (C=O) groups excluding carboxylic acids is 1. The van der Waals surface area contributed by atoms with Gasteiger partial charge in [-0.1, -0.05) is 13.3 Å². The molecule has 9 heteroatoms. The van der Waals surface area contributed by atoms with Crippen LogP contribution in [0.5, 0.6) is 11.5 Å². The molecule has 1 fully saturated rings. The number of carboxylic acids is 1. The molecule has 0 amide bonds. The first kappa shape index (κ1) is 24.3. The van der Waals surface area contributed by atoms with Crippen molar-refractivity contribution in [2.45, 2.75) is 57.9 Å². The van der Waals surface area contributed by atoms with Crippen molar-refractivity contribution in [1.82, 2.24) is 14.5 Å². The Kier molecular flexibility index (Phi) is 5.39. The number of fused-ring (bicyclic) bond motifs is 6. The molecule has 1 saturated heterocycles. The summed E-state index contributed by atoms with van der Waals surface area (Å²) in [4.78, 5) is 47.6. The first-order chi connectivity index (χ1) is 18.8. The van der Waals surface area contributed by atoms with Crippen molar-refractivity contribution in [2.75, 3.05) is 26.4 Å². The fourth-order valence-corrected chi connectivity index (χ4v) is 7.36. The number of benzene rings is 1. The van der Waals surface area contributed by atoms with E-state index in [1.807, 2.05) is 32.0 Å². The molecule has 3 aromatic rings. The van der Waals surface area contributed by atoms with Crippen molar-refractivity contribution >= 4 is 22.7 Å². The first-order valence-corrected chi connectivity index (χ1v) is 13.8. The summed E-state index contributed by atoms with van der Waals surface area (Å²) in [6.45, 7) is 6.40. The molecule has 202 valence electrons. The van der Waals surface area contributed by atoms with Gasteiger partial charge in [-0.15, -0.1) is 0 Å². The SMILES string of the molecule is CCC1(C(CN2CCCCC2)C(=O)O)C(=O)Cc2c1cc1n(c2=O)Cc2c-1nc1cc3c(cc1c2C)OCO3. The van der Waals surface area contributed by atoms with E-state index in [0.717, 1.165) is 54.4 Å². The van der Waals surface area contributed by atoms with Gasteiger partial charge in [-0.3, -0.25) is 14.4 Å². The lowest BCUT2D eigenvalue weighted by molar-refractivity contribution is -0.149. The summed E-state index contributed by atoms with van der Waals surface area (Å²) in [5.74, 6) is -0.763. The number of ketones is 1. The van der Waals surface area contributed by atoms with Crippen LogP contribution in [0.2, 0.25) is 0 Å². The number of aliphatic carboxylic acids is 1. The van der Waals surface area contributed by atoms with Crippen molar-refractivity contribution in [3.8, 4) is 22.9 Å². The zero-order valence-electron chi connectivity index (χ0n) is 22.2. The maximum atomic E-state index is 13.9. The standard InChI is InChI=1S/C30H31N3O6/c1-3-30(21(29(36)37)14-32-7-5-4-6-8-32)20-11-23-27-19(13-33(23)28(35)18(20)10-26(30)34)16(2)17-9-24-25(39-15-38-24)12-22(17)31-27/h9,11-12,21H,3-8,10,13-15H2,1-2H3,(H,36,37). The van der Waals surface area contributed by atoms with E-state index in [2.05, 4.69) is 4.90 Å². The van der Waals surface area contributed by atoms with E-state index >= 15 is 0 Å². The molecular weight excluding hydrogens is 498 g/mol. The van der Waals surface area contributed by atoms with Gasteiger partial charge < -0.3 is 24.0 Å². The number of hydrogen-bond acceptors (Lipinski definition) is 7. The number of aromatic nitrogens is 2. The minimum atomic E-state index is -1.24. The fourth-order valence-electron chi connectivity index (χ4n) is 7.36. The van der Waals surface area contributed by atoms with Gasteiger partial charge in [-0.2, -0.15) is 0 Å². The number of nitrogens with zero attached hydrogens (tertiary/aromatic N) is 3. The molecule has 0 spiro atoms. The average molecular weight is 530 g/mol. The summed E-state index contributed by atoms with van der Waals surface area (Å²) in [7, 11) is 0. The Bertz CT molecular complexity index is 1640. The lowest BCUT2D eigenvalue weighted by Crippen LogP contribution is -2.50. The maximum absolute atomic E-state index is 13.9. The summed E-state index contributed by atoms with van der Waals surface area (Å²) in [5, 5.41) is 11.4. The minimum absolute atomic E-state index is 0.0296. The quantitative estimate of drug-likeness (QED) is 0.419. The van der Waals surface area contributed by atoms with Crippen LogP contribution >= 0.6 is 0 Å². The Morgan fingerprint density at radius 2 is 1.85 bits per heavy atom. The molecule has 5 heterocycles. The molecule has 0 radical (unpaired) electrons. The number of hydrogen-bond donors (Lipinski definition) is 1. The number of aryl methyl sites for hydroxylation is 1. The lowest BCUT2D eigenvalue weighted by Gasteiger charge is -2.38. The molecule has 0 bridgehead atoms. The van der Waals surface area contributed by atoms with E-state index in [1.165, 1.54) is 0 Å². The van der Waals surface area contributed by atoms with Crippen molar-refractivity contribution in [3.63, 3.8) is 0 Å². The van der Waals surface area contributed by atoms with Crippen LogP contribution in [0.25, 0.3) is 22.3 Å². The fraction of sp³-hybridized carbons (Fsp3) is 0.467. The highest BCUT2D eigenvalue weighted by molar-refractivity contribution is 6.01. The molecule has 3 aliphatic heterocycles. The highest BCUT2D eigenvalue weighted by atomic mass is 16.7. The summed E-state index contributed by atoms with van der Waals surface area (Å²) in [5.41, 5.74) is 3.61. The number of Topliss-reactive ketones (excluding diaryl/α,β-unsaturated/α-hetero) is 1. The van der Waals surface area contributed by atoms with Crippen molar-refractivity contribution in [1.29, 1.82) is 0 Å². The van der Waals surface area contributed by atoms with Gasteiger partial charge in [0.1, 0.15) is 5.78 Å². The third kappa shape index (κ3) is 3.35. The molecule has 1 aliphatic carbocycles. The Hall–Kier alpha value is -3.72. The van der Waals surface area contributed by atoms with Gasteiger partial charge in [0.05, 0.1) is 34.8 Å². The third-order valence-corrected chi connectivity index (χ3v) is 9.48. The smallest absolute Gasteiger partial charge is 0.309 e. The number of likely N-dealkylation sites (tertiary alicyclic amines) is 1. The van der Waals surface area contributed by atoms with Crippen LogP contribution in [-0.4, -0.2) is 57.7 Å². The van der Waals surface area contributed by atoms with E-state index in [0.29, 0.717) is 53.5 Å². The second-order valence-corrected chi connectivity index (χ2v) is 11.3. The average Bonchev–Trinajstić information content (AvgIpc) is 3.62. The van der Waals surface area contributed by atoms with Crippen molar-refractivity contribution in [2.24, 2.45) is 5.92 Å². The van der Waals surface area contributed by atoms with E-state index in [1.54, 1.807) is 4.57 Å². The first-order valence-electron chi connectivity index (χ1n) is 13.8. The van der Waals surface area contributed by atoms with Crippen LogP contribution in [0, 0.1) is 12.8 Å². The van der Waals surface area contributed by atoms with Crippen LogP contribution in [0.3, 0.4) is 0 Å². The minimum Gasteiger partial charge on any atom is -0.481 e. The number of pyridine rings is 2. The summed E-state index contributed by atoms with van der Waals surface area (Å²) in [6.07, 6.45) is 3.49. The normalized spacial score (nSPS) is 22.2. The topological polar surface area (TPSA) is 111 Å². The second kappa shape index (κ2) is 8.64. The molecule has 2 atom stereocenters. The highest BCUT2D eigenvalue weighted by Gasteiger charge is 2.55. The molecule has 1 aromatic carbocycles. The van der Waals surface area contributed by atoms with Gasteiger partial charge in [-0.05, 0) is 62.5 Å². The van der Waals surface area contributed by atoms with E-state index in [-0.39, 0.29) is 24.6 Å². The highest BCUT2D eigenvalue weighted by Crippen LogP contribution is 2.47. The molecule has 7 rings (SSSR count). The van der Waals surface area contributed by atoms with Crippen LogP contribution in [-0.2, 0) is 28.0 Å². The van der Waals surface area contributed by atoms with E-state index in [4.69, 9.17) is 14.5 Å². The van der Waals surface area contributed by atoms with E-state index in [9.17, 15) is 19.5 Å². The molecule has 2 unspecified atom stereocenters. The number of rotatable bonds is 5. The van der Waals surface area contributed by atoms with Crippen LogP contribution in [0.1, 0.15) is 54.9 Å². The Balaban J connectivity index is 1.40. The van der Waals surface area contributed by atoms with Gasteiger partial charge in [-0.25, -0.2) is 4.98 Å². The zero-order valence-corrected chi connectivity index (χ0v) is 22.2. The number of piperidine rings is 1. The van der Waals surface area contributed by atoms with Crippen molar-refractivity contribution < 1.29 is 24.2 Å². The van der Waals surface area contributed by atoms with Crippen molar-refractivity contribution in [3.05, 3.63) is 50.8 Å². The number of carbonyl (C=O) groups is 2. The molecular formula is C30H31N3O6. The van der Waals surface area contributed by atoms with Gasteiger partial charge in [0.2, 0.25) is 6.79 Å². The zero-order chi connectivity index (χ0) is 27.1. The predicted octanol–water partition coefficient (Wildman–Crippen LogP) is 3.42. The van der Waals surface area contributed by atoms with Gasteiger partial charge in [0.25, 0.3) is 5.56 Å². The van der Waals surface area contributed by atoms with E-state index < -0.39 is 17.3 Å². The summed E-state index contributed by atoms with van der Waals surface area (Å²) in [6, 6.07) is 5.69. The Morgan fingerprint density at radius 1 is 1.10 bits per heavy atom. The summed E-state index contributed by atoms with van der Waals surface area (Å²) >= 11 is 0. The van der Waals surface area contributed by atoms with Gasteiger partial charge >= 0.3 is 5.97 Å². The second-order valence-electron chi connectivity index (χ2n) is 11.3. The number of ether oxygens (including phenoxy) is 2. The molecule has 2 aromatic heterocycles. The largest absolute Gasteiger partial charge is 0.481 e. The third-order valence-electron chi connectivity index (χ3n) is 9.48. The summed E-state index contributed by atoms with van der Waals surface area (Å²) < 4.78 is 12.8. The number of carboxylic acid groups (broad SMARTS) is 1. The van der Waals surface area contributed by atoms with Crippen LogP contribution < -0.4 is 15.0 Å². The lowest BCUT2D eigenvalue weighted by atomic mass is 9.68. The molecule has 39 heavy (non-hydrogen) atoms. The van der Waals surface area contributed by atoms with Crippen LogP contribution in [0.4, 0.5) is 0 Å². The van der Waals surface area contributed by atoms with Gasteiger partial charge in [0.15, 0.2) is 11.5 Å². The molecule has 0 saturated carbocycles. The Morgan fingerprint density at radius 3 is 2.56 bits per heavy atom. The Labute approximate surface area is 225 Å². The predicted molar refractivity (Wildman–Crippen MR) is 143 cm³/mol. The molecule has 9 nitrogen and oxygen atoms in total. The van der Waals surface area contributed by atoms with Crippen LogP contribution in [0.15, 0.2) is 23.0 Å². The van der Waals surface area contributed by atoms with Gasteiger partial charge in [0, 0.05) is 35.5 Å².